The van der Waals surface area contributed by atoms with Crippen molar-refractivity contribution in [1.29, 1.82) is 0 Å². The third-order valence-corrected chi connectivity index (χ3v) is 2.25. The van der Waals surface area contributed by atoms with Gasteiger partial charge in [0.25, 0.3) is 0 Å². The molecule has 0 unspecified atom stereocenters. The lowest BCUT2D eigenvalue weighted by Gasteiger charge is -2.22. The van der Waals surface area contributed by atoms with Crippen LogP contribution in [0.3, 0.4) is 0 Å². The maximum Gasteiger partial charge on any atom is 0.513 e. The van der Waals surface area contributed by atoms with E-state index in [2.05, 4.69) is 0 Å². The van der Waals surface area contributed by atoms with E-state index in [0.717, 1.165) is 6.07 Å². The van der Waals surface area contributed by atoms with Crippen LogP contribution in [-0.2, 0) is 5.41 Å². The lowest BCUT2D eigenvalue weighted by Crippen LogP contribution is -2.34. The monoisotopic (exact) mass is 217 g/mol. The summed E-state index contributed by atoms with van der Waals surface area (Å²) < 4.78 is 37.1. The standard InChI is InChI=1S/C10H13BF3O/c1-10(2,3)7-4-5-8(9(15)6-7)11(12,13)14/h4-6,15H,1-3H3/q-1. The Balaban J connectivity index is 3.21. The van der Waals surface area contributed by atoms with Gasteiger partial charge < -0.3 is 18.1 Å². The van der Waals surface area contributed by atoms with Gasteiger partial charge in [0.05, 0.1) is 5.75 Å². The van der Waals surface area contributed by atoms with Crippen molar-refractivity contribution < 1.29 is 18.1 Å². The minimum absolute atomic E-state index is 0.269. The molecule has 0 heterocycles. The molecule has 0 radical (unpaired) electrons. The molecule has 84 valence electrons. The summed E-state index contributed by atoms with van der Waals surface area (Å²) in [5.74, 6) is -0.685. The number of hydrogen-bond acceptors (Lipinski definition) is 1. The normalized spacial score (nSPS) is 12.9. The minimum Gasteiger partial charge on any atom is -0.511 e. The van der Waals surface area contributed by atoms with E-state index >= 15 is 0 Å². The van der Waals surface area contributed by atoms with E-state index in [4.69, 9.17) is 0 Å². The molecule has 0 bridgehead atoms. The van der Waals surface area contributed by atoms with Gasteiger partial charge >= 0.3 is 6.98 Å². The molecule has 1 aromatic carbocycles. The summed E-state index contributed by atoms with van der Waals surface area (Å²) in [6.07, 6.45) is 0. The van der Waals surface area contributed by atoms with Crippen LogP contribution in [0.1, 0.15) is 26.3 Å². The summed E-state index contributed by atoms with van der Waals surface area (Å²) in [5.41, 5.74) is -0.513. The van der Waals surface area contributed by atoms with Crippen LogP contribution in [0.4, 0.5) is 12.9 Å². The van der Waals surface area contributed by atoms with Crippen molar-refractivity contribution in [3.05, 3.63) is 23.8 Å². The Morgan fingerprint density at radius 1 is 1.13 bits per heavy atom. The van der Waals surface area contributed by atoms with Gasteiger partial charge in [-0.3, -0.25) is 0 Å². The number of hydrogen-bond donors (Lipinski definition) is 1. The first-order chi connectivity index (χ1) is 6.62. The summed E-state index contributed by atoms with van der Waals surface area (Å²) in [4.78, 5) is 0. The second-order valence-electron chi connectivity index (χ2n) is 4.60. The highest BCUT2D eigenvalue weighted by Gasteiger charge is 2.29. The highest BCUT2D eigenvalue weighted by atomic mass is 19.4. The van der Waals surface area contributed by atoms with Crippen molar-refractivity contribution in [2.45, 2.75) is 26.2 Å². The van der Waals surface area contributed by atoms with E-state index in [-0.39, 0.29) is 5.41 Å². The molecule has 0 atom stereocenters. The topological polar surface area (TPSA) is 20.2 Å². The van der Waals surface area contributed by atoms with Crippen molar-refractivity contribution in [3.8, 4) is 5.75 Å². The Kier molecular flexibility index (Phi) is 2.76. The largest absolute Gasteiger partial charge is 0.513 e. The Labute approximate surface area is 87.0 Å². The molecular formula is C10H13BF3O-. The second kappa shape index (κ2) is 3.47. The van der Waals surface area contributed by atoms with E-state index in [1.54, 1.807) is 0 Å². The fourth-order valence-electron chi connectivity index (χ4n) is 1.29. The molecule has 1 N–H and O–H groups in total. The van der Waals surface area contributed by atoms with Gasteiger partial charge in [-0.15, -0.1) is 0 Å². The van der Waals surface area contributed by atoms with Crippen molar-refractivity contribution in [2.24, 2.45) is 0 Å². The van der Waals surface area contributed by atoms with E-state index in [1.807, 2.05) is 20.8 Å². The lowest BCUT2D eigenvalue weighted by molar-refractivity contribution is 0.460. The SMILES string of the molecule is CC(C)(C)c1ccc([B-](F)(F)F)c(O)c1. The fraction of sp³-hybridized carbons (Fsp3) is 0.400. The second-order valence-corrected chi connectivity index (χ2v) is 4.60. The van der Waals surface area contributed by atoms with E-state index in [9.17, 15) is 18.1 Å². The number of phenols is 1. The average molecular weight is 217 g/mol. The zero-order chi connectivity index (χ0) is 11.9. The number of aromatic hydroxyl groups is 1. The zero-order valence-corrected chi connectivity index (χ0v) is 8.89. The van der Waals surface area contributed by atoms with Gasteiger partial charge in [0.2, 0.25) is 0 Å². The molecule has 0 spiro atoms. The molecule has 0 saturated heterocycles. The smallest absolute Gasteiger partial charge is 0.511 e. The zero-order valence-electron chi connectivity index (χ0n) is 8.89. The molecule has 1 nitrogen and oxygen atoms in total. The van der Waals surface area contributed by atoms with Crippen molar-refractivity contribution >= 4 is 12.4 Å². The van der Waals surface area contributed by atoms with Gasteiger partial charge in [-0.1, -0.05) is 38.4 Å². The quantitative estimate of drug-likeness (QED) is 0.717. The number of halogens is 3. The van der Waals surface area contributed by atoms with E-state index < -0.39 is 18.2 Å². The van der Waals surface area contributed by atoms with Crippen LogP contribution >= 0.6 is 0 Å². The molecule has 0 aromatic heterocycles. The molecule has 0 aliphatic heterocycles. The van der Waals surface area contributed by atoms with Gasteiger partial charge in [0, 0.05) is 0 Å². The molecule has 0 fully saturated rings. The van der Waals surface area contributed by atoms with Crippen LogP contribution in [0, 0.1) is 0 Å². The summed E-state index contributed by atoms with van der Waals surface area (Å²) >= 11 is 0. The molecule has 0 aliphatic carbocycles. The van der Waals surface area contributed by atoms with Gasteiger partial charge in [0.15, 0.2) is 0 Å². The molecular weight excluding hydrogens is 204 g/mol. The predicted molar refractivity (Wildman–Crippen MR) is 55.5 cm³/mol. The summed E-state index contributed by atoms with van der Waals surface area (Å²) in [7, 11) is 0. The minimum atomic E-state index is -5.13. The first-order valence-electron chi connectivity index (χ1n) is 4.65. The van der Waals surface area contributed by atoms with Gasteiger partial charge in [-0.2, -0.15) is 0 Å². The van der Waals surface area contributed by atoms with Gasteiger partial charge in [-0.25, -0.2) is 0 Å². The maximum absolute atomic E-state index is 12.4. The van der Waals surface area contributed by atoms with Crippen molar-refractivity contribution in [3.63, 3.8) is 0 Å². The van der Waals surface area contributed by atoms with Crippen molar-refractivity contribution in [2.75, 3.05) is 0 Å². The van der Waals surface area contributed by atoms with Crippen LogP contribution in [0.15, 0.2) is 18.2 Å². The average Bonchev–Trinajstić information content (AvgIpc) is 1.99. The Morgan fingerprint density at radius 2 is 1.67 bits per heavy atom. The Hall–Kier alpha value is -1.13. The van der Waals surface area contributed by atoms with Crippen LogP contribution < -0.4 is 5.46 Å². The molecule has 1 aromatic rings. The molecule has 0 saturated carbocycles. The lowest BCUT2D eigenvalue weighted by atomic mass is 9.77. The number of benzene rings is 1. The Morgan fingerprint density at radius 3 is 2.00 bits per heavy atom. The van der Waals surface area contributed by atoms with Gasteiger partial charge in [0.1, 0.15) is 0 Å². The van der Waals surface area contributed by atoms with E-state index in [1.165, 1.54) is 12.1 Å². The summed E-state index contributed by atoms with van der Waals surface area (Å²) in [5, 5.41) is 9.29. The predicted octanol–water partition coefficient (Wildman–Crippen LogP) is 2.74. The molecule has 5 heteroatoms. The van der Waals surface area contributed by atoms with Crippen molar-refractivity contribution in [1.82, 2.24) is 0 Å². The third-order valence-electron chi connectivity index (χ3n) is 2.25. The number of phenolic OH excluding ortho intramolecular Hbond substituents is 1. The fourth-order valence-corrected chi connectivity index (χ4v) is 1.29. The molecule has 0 amide bonds. The third kappa shape index (κ3) is 2.67. The highest BCUT2D eigenvalue weighted by molar-refractivity contribution is 6.74. The summed E-state index contributed by atoms with van der Waals surface area (Å²) in [6.45, 7) is 0.491. The molecule has 0 aliphatic rings. The highest BCUT2D eigenvalue weighted by Crippen LogP contribution is 2.26. The van der Waals surface area contributed by atoms with Crippen LogP contribution in [0.25, 0.3) is 0 Å². The van der Waals surface area contributed by atoms with E-state index in [0.29, 0.717) is 5.56 Å². The number of rotatable bonds is 1. The van der Waals surface area contributed by atoms with Crippen LogP contribution in [0.5, 0.6) is 5.75 Å². The molecule has 1 rings (SSSR count). The molecule has 15 heavy (non-hydrogen) atoms. The maximum atomic E-state index is 12.4. The summed E-state index contributed by atoms with van der Waals surface area (Å²) in [6, 6.07) is 3.53. The van der Waals surface area contributed by atoms with Crippen LogP contribution in [-0.4, -0.2) is 12.1 Å². The first kappa shape index (κ1) is 11.9. The van der Waals surface area contributed by atoms with Crippen LogP contribution in [0.2, 0.25) is 0 Å². The Bertz CT molecular complexity index is 366. The first-order valence-corrected chi connectivity index (χ1v) is 4.65. The van der Waals surface area contributed by atoms with Gasteiger partial charge in [-0.05, 0) is 17.0 Å².